The topological polar surface area (TPSA) is 32.3 Å². The van der Waals surface area contributed by atoms with Crippen LogP contribution in [0.3, 0.4) is 0 Å². The lowest BCUT2D eigenvalue weighted by Crippen LogP contribution is -2.53. The van der Waals surface area contributed by atoms with Crippen LogP contribution < -0.4 is 5.32 Å². The molecule has 2 heterocycles. The van der Waals surface area contributed by atoms with E-state index in [1.807, 2.05) is 6.92 Å². The molecule has 0 aromatic rings. The summed E-state index contributed by atoms with van der Waals surface area (Å²) >= 11 is 0. The Balaban J connectivity index is 1.89. The monoisotopic (exact) mass is 196 g/mol. The van der Waals surface area contributed by atoms with Crippen LogP contribution in [-0.2, 0) is 4.79 Å². The minimum atomic E-state index is 0.217. The minimum Gasteiger partial charge on any atom is -0.353 e. The fraction of sp³-hybridized carbons (Fsp3) is 0.909. The van der Waals surface area contributed by atoms with Gasteiger partial charge in [-0.15, -0.1) is 0 Å². The first-order chi connectivity index (χ1) is 6.79. The van der Waals surface area contributed by atoms with Gasteiger partial charge >= 0.3 is 0 Å². The van der Waals surface area contributed by atoms with E-state index in [9.17, 15) is 4.79 Å². The van der Waals surface area contributed by atoms with Gasteiger partial charge in [0.2, 0.25) is 5.91 Å². The van der Waals surface area contributed by atoms with Crippen LogP contribution in [0.4, 0.5) is 0 Å². The van der Waals surface area contributed by atoms with Gasteiger partial charge in [-0.1, -0.05) is 6.92 Å². The number of hydrogen-bond acceptors (Lipinski definition) is 2. The Labute approximate surface area is 85.8 Å². The van der Waals surface area contributed by atoms with Gasteiger partial charge in [-0.05, 0) is 31.7 Å². The molecule has 0 spiro atoms. The van der Waals surface area contributed by atoms with E-state index in [-0.39, 0.29) is 5.91 Å². The molecule has 2 aliphatic heterocycles. The molecule has 2 aliphatic rings. The van der Waals surface area contributed by atoms with Gasteiger partial charge in [0.1, 0.15) is 0 Å². The van der Waals surface area contributed by atoms with Crippen LogP contribution in [0.25, 0.3) is 0 Å². The molecular weight excluding hydrogens is 176 g/mol. The van der Waals surface area contributed by atoms with Crippen LogP contribution in [0, 0.1) is 5.92 Å². The van der Waals surface area contributed by atoms with Crippen LogP contribution >= 0.6 is 0 Å². The lowest BCUT2D eigenvalue weighted by Gasteiger charge is -2.42. The third kappa shape index (κ3) is 2.08. The van der Waals surface area contributed by atoms with Crippen molar-refractivity contribution in [3.05, 3.63) is 0 Å². The van der Waals surface area contributed by atoms with Crippen LogP contribution in [0.1, 0.15) is 32.6 Å². The van der Waals surface area contributed by atoms with E-state index in [4.69, 9.17) is 0 Å². The molecule has 3 atom stereocenters. The summed E-state index contributed by atoms with van der Waals surface area (Å²) in [7, 11) is 0. The second-order valence-corrected chi connectivity index (χ2v) is 4.52. The van der Waals surface area contributed by atoms with E-state index < -0.39 is 0 Å². The standard InChI is InChI=1S/C11H20N2O/c1-2-11(14)12-10-5-7-13-6-3-4-9(10)8-13/h9-10H,2-8H2,1H3,(H,12,14). The highest BCUT2D eigenvalue weighted by Crippen LogP contribution is 2.26. The predicted molar refractivity (Wildman–Crippen MR) is 56.0 cm³/mol. The zero-order chi connectivity index (χ0) is 9.97. The van der Waals surface area contributed by atoms with Crippen molar-refractivity contribution in [1.82, 2.24) is 10.2 Å². The van der Waals surface area contributed by atoms with E-state index in [2.05, 4.69) is 10.2 Å². The maximum Gasteiger partial charge on any atom is 0.219 e. The molecule has 0 saturated carbocycles. The Morgan fingerprint density at radius 3 is 3.07 bits per heavy atom. The summed E-state index contributed by atoms with van der Waals surface area (Å²) in [5, 5.41) is 3.16. The van der Waals surface area contributed by atoms with Crippen molar-refractivity contribution in [2.75, 3.05) is 19.6 Å². The third-order valence-electron chi connectivity index (χ3n) is 3.53. The fourth-order valence-corrected chi connectivity index (χ4v) is 2.68. The number of rotatable bonds is 2. The zero-order valence-electron chi connectivity index (χ0n) is 8.96. The largest absolute Gasteiger partial charge is 0.353 e. The first-order valence-electron chi connectivity index (χ1n) is 5.81. The molecule has 0 aliphatic carbocycles. The van der Waals surface area contributed by atoms with E-state index in [0.29, 0.717) is 18.4 Å². The molecule has 1 N–H and O–H groups in total. The average Bonchev–Trinajstić information content (AvgIpc) is 2.23. The molecule has 2 fully saturated rings. The van der Waals surface area contributed by atoms with Crippen LogP contribution in [0.2, 0.25) is 0 Å². The number of hydrogen-bond donors (Lipinski definition) is 1. The Bertz CT molecular complexity index is 217. The molecule has 14 heavy (non-hydrogen) atoms. The molecule has 2 rings (SSSR count). The van der Waals surface area contributed by atoms with E-state index in [1.165, 1.54) is 32.5 Å². The molecule has 3 unspecified atom stereocenters. The van der Waals surface area contributed by atoms with Gasteiger partial charge in [0.05, 0.1) is 0 Å². The second-order valence-electron chi connectivity index (χ2n) is 4.52. The predicted octanol–water partition coefficient (Wildman–Crippen LogP) is 0.997. The number of nitrogens with zero attached hydrogens (tertiary/aromatic N) is 1. The molecule has 1 amide bonds. The van der Waals surface area contributed by atoms with Crippen molar-refractivity contribution in [3.63, 3.8) is 0 Å². The SMILES string of the molecule is CCC(=O)NC1CCN2CCCC1C2. The Kier molecular flexibility index (Phi) is 3.06. The maximum absolute atomic E-state index is 11.3. The van der Waals surface area contributed by atoms with Gasteiger partial charge in [-0.25, -0.2) is 0 Å². The first kappa shape index (κ1) is 9.97. The third-order valence-corrected chi connectivity index (χ3v) is 3.53. The maximum atomic E-state index is 11.3. The number of carbonyl (C=O) groups excluding carboxylic acids is 1. The summed E-state index contributed by atoms with van der Waals surface area (Å²) in [4.78, 5) is 13.8. The van der Waals surface area contributed by atoms with E-state index in [0.717, 1.165) is 6.42 Å². The highest BCUT2D eigenvalue weighted by atomic mass is 16.1. The molecule has 0 radical (unpaired) electrons. The summed E-state index contributed by atoms with van der Waals surface area (Å²) in [6.07, 6.45) is 4.37. The molecule has 0 aromatic heterocycles. The van der Waals surface area contributed by atoms with Crippen molar-refractivity contribution < 1.29 is 4.79 Å². The Morgan fingerprint density at radius 2 is 2.29 bits per heavy atom. The smallest absolute Gasteiger partial charge is 0.219 e. The molecular formula is C11H20N2O. The number of piperidine rings is 2. The van der Waals surface area contributed by atoms with Crippen LogP contribution in [0.5, 0.6) is 0 Å². The summed E-state index contributed by atoms with van der Waals surface area (Å²) < 4.78 is 0. The highest BCUT2D eigenvalue weighted by Gasteiger charge is 2.32. The number of nitrogens with one attached hydrogen (secondary N) is 1. The number of amides is 1. The number of carbonyl (C=O) groups is 1. The molecule has 2 bridgehead atoms. The van der Waals surface area contributed by atoms with Crippen molar-refractivity contribution in [2.45, 2.75) is 38.6 Å². The van der Waals surface area contributed by atoms with Gasteiger partial charge in [0.25, 0.3) is 0 Å². The van der Waals surface area contributed by atoms with Crippen molar-refractivity contribution >= 4 is 5.91 Å². The summed E-state index contributed by atoms with van der Waals surface area (Å²) in [6, 6.07) is 0.457. The quantitative estimate of drug-likeness (QED) is 0.714. The fourth-order valence-electron chi connectivity index (χ4n) is 2.68. The number of fused-ring (bicyclic) bond motifs is 2. The minimum absolute atomic E-state index is 0.217. The second kappa shape index (κ2) is 4.30. The Hall–Kier alpha value is -0.570. The van der Waals surface area contributed by atoms with Crippen LogP contribution in [0.15, 0.2) is 0 Å². The molecule has 80 valence electrons. The first-order valence-corrected chi connectivity index (χ1v) is 5.81. The summed E-state index contributed by atoms with van der Waals surface area (Å²) in [5.74, 6) is 0.932. The van der Waals surface area contributed by atoms with Crippen molar-refractivity contribution in [1.29, 1.82) is 0 Å². The van der Waals surface area contributed by atoms with Gasteiger partial charge in [-0.3, -0.25) is 4.79 Å². The molecule has 2 saturated heterocycles. The molecule has 0 aromatic carbocycles. The van der Waals surface area contributed by atoms with Gasteiger partial charge in [0.15, 0.2) is 0 Å². The zero-order valence-corrected chi connectivity index (χ0v) is 8.96. The average molecular weight is 196 g/mol. The van der Waals surface area contributed by atoms with Gasteiger partial charge in [0, 0.05) is 25.6 Å². The molecule has 3 nitrogen and oxygen atoms in total. The Morgan fingerprint density at radius 1 is 1.43 bits per heavy atom. The summed E-state index contributed by atoms with van der Waals surface area (Å²) in [5.41, 5.74) is 0. The van der Waals surface area contributed by atoms with Crippen LogP contribution in [-0.4, -0.2) is 36.5 Å². The van der Waals surface area contributed by atoms with Crippen molar-refractivity contribution in [3.8, 4) is 0 Å². The van der Waals surface area contributed by atoms with Gasteiger partial charge < -0.3 is 10.2 Å². The van der Waals surface area contributed by atoms with Gasteiger partial charge in [-0.2, -0.15) is 0 Å². The summed E-state index contributed by atoms with van der Waals surface area (Å²) in [6.45, 7) is 5.57. The molecule has 3 heteroatoms. The highest BCUT2D eigenvalue weighted by molar-refractivity contribution is 5.75. The van der Waals surface area contributed by atoms with E-state index in [1.54, 1.807) is 0 Å². The van der Waals surface area contributed by atoms with Crippen molar-refractivity contribution in [2.24, 2.45) is 5.92 Å². The normalized spacial score (nSPS) is 36.5. The lowest BCUT2D eigenvalue weighted by molar-refractivity contribution is -0.122. The van der Waals surface area contributed by atoms with E-state index >= 15 is 0 Å². The lowest BCUT2D eigenvalue weighted by atomic mass is 9.85.